The Morgan fingerprint density at radius 3 is 2.33 bits per heavy atom. The van der Waals surface area contributed by atoms with Crippen LogP contribution in [0.1, 0.15) is 11.6 Å². The van der Waals surface area contributed by atoms with E-state index in [1.807, 2.05) is 0 Å². The van der Waals surface area contributed by atoms with Gasteiger partial charge in [-0.05, 0) is 17.7 Å². The van der Waals surface area contributed by atoms with Gasteiger partial charge in [0.05, 0.1) is 13.2 Å². The molecule has 1 aromatic carbocycles. The molecule has 1 aliphatic rings. The van der Waals surface area contributed by atoms with E-state index in [0.717, 1.165) is 0 Å². The SMILES string of the molecule is COc1ccc([C@@H](C(F)F)N2CCNCC2)cc1O.Cl.Cl. The molecule has 1 saturated heterocycles. The second-order valence-corrected chi connectivity index (χ2v) is 4.50. The Hall–Kier alpha value is -0.820. The number of hydrogen-bond donors (Lipinski definition) is 2. The molecule has 2 N–H and O–H groups in total. The monoisotopic (exact) mass is 344 g/mol. The van der Waals surface area contributed by atoms with Crippen LogP contribution < -0.4 is 10.1 Å². The molecule has 8 heteroatoms. The number of nitrogens with one attached hydrogen (secondary N) is 1. The van der Waals surface area contributed by atoms with Crippen LogP contribution in [0.2, 0.25) is 0 Å². The van der Waals surface area contributed by atoms with Gasteiger partial charge in [-0.2, -0.15) is 0 Å². The number of halogens is 4. The molecule has 4 nitrogen and oxygen atoms in total. The molecule has 0 spiro atoms. The zero-order valence-corrected chi connectivity index (χ0v) is 13.2. The summed E-state index contributed by atoms with van der Waals surface area (Å²) in [5.74, 6) is 0.179. The van der Waals surface area contributed by atoms with Gasteiger partial charge in [0.25, 0.3) is 6.43 Å². The summed E-state index contributed by atoms with van der Waals surface area (Å²) in [6, 6.07) is 3.47. The van der Waals surface area contributed by atoms with E-state index in [2.05, 4.69) is 5.32 Å². The van der Waals surface area contributed by atoms with Crippen molar-refractivity contribution >= 4 is 24.8 Å². The van der Waals surface area contributed by atoms with Crippen LogP contribution in [-0.4, -0.2) is 49.7 Å². The van der Waals surface area contributed by atoms with E-state index in [9.17, 15) is 13.9 Å². The molecule has 1 aliphatic heterocycles. The maximum absolute atomic E-state index is 13.3. The van der Waals surface area contributed by atoms with Crippen molar-refractivity contribution in [3.05, 3.63) is 23.8 Å². The summed E-state index contributed by atoms with van der Waals surface area (Å²) >= 11 is 0. The third-order valence-electron chi connectivity index (χ3n) is 3.33. The lowest BCUT2D eigenvalue weighted by Crippen LogP contribution is -2.46. The lowest BCUT2D eigenvalue weighted by Gasteiger charge is -2.34. The zero-order chi connectivity index (χ0) is 13.8. The predicted octanol–water partition coefficient (Wildman–Crippen LogP) is 2.46. The third kappa shape index (κ3) is 4.85. The molecule has 1 heterocycles. The van der Waals surface area contributed by atoms with Crippen LogP contribution in [0.15, 0.2) is 18.2 Å². The Kier molecular flexibility index (Phi) is 8.89. The standard InChI is InChI=1S/C13H18F2N2O2.2ClH/c1-19-11-3-2-9(8-10(11)18)12(13(14)15)17-6-4-16-5-7-17;;/h2-3,8,12-13,16,18H,4-7H2,1H3;2*1H/t12-;;/m0../s1. The van der Waals surface area contributed by atoms with Crippen molar-refractivity contribution < 1.29 is 18.6 Å². The van der Waals surface area contributed by atoms with Gasteiger partial charge < -0.3 is 15.2 Å². The minimum atomic E-state index is -2.49. The summed E-state index contributed by atoms with van der Waals surface area (Å²) in [6.45, 7) is 2.54. The normalized spacial score (nSPS) is 16.8. The molecule has 0 saturated carbocycles. The first-order valence-electron chi connectivity index (χ1n) is 6.23. The molecule has 0 aliphatic carbocycles. The molecule has 0 amide bonds. The molecular weight excluding hydrogens is 325 g/mol. The highest BCUT2D eigenvalue weighted by Gasteiger charge is 2.30. The van der Waals surface area contributed by atoms with E-state index in [1.165, 1.54) is 19.2 Å². The number of ether oxygens (including phenoxy) is 1. The van der Waals surface area contributed by atoms with Crippen molar-refractivity contribution in [2.24, 2.45) is 0 Å². The molecule has 0 bridgehead atoms. The van der Waals surface area contributed by atoms with E-state index in [-0.39, 0.29) is 36.3 Å². The number of alkyl halides is 2. The Labute approximate surface area is 135 Å². The van der Waals surface area contributed by atoms with Crippen molar-refractivity contribution in [2.75, 3.05) is 33.3 Å². The van der Waals surface area contributed by atoms with Crippen LogP contribution in [0.5, 0.6) is 11.5 Å². The Morgan fingerprint density at radius 2 is 1.86 bits per heavy atom. The largest absolute Gasteiger partial charge is 0.504 e. The second-order valence-electron chi connectivity index (χ2n) is 4.50. The summed E-state index contributed by atoms with van der Waals surface area (Å²) in [5.41, 5.74) is 0.412. The number of phenolic OH excluding ortho intramolecular Hbond substituents is 1. The van der Waals surface area contributed by atoms with Crippen LogP contribution in [0.3, 0.4) is 0 Å². The number of hydrogen-bond acceptors (Lipinski definition) is 4. The molecule has 122 valence electrons. The van der Waals surface area contributed by atoms with Crippen molar-refractivity contribution in [1.82, 2.24) is 10.2 Å². The number of benzene rings is 1. The number of aromatic hydroxyl groups is 1. The minimum absolute atomic E-state index is 0. The Morgan fingerprint density at radius 1 is 1.24 bits per heavy atom. The van der Waals surface area contributed by atoms with Gasteiger partial charge in [0.15, 0.2) is 11.5 Å². The van der Waals surface area contributed by atoms with Gasteiger partial charge in [0.2, 0.25) is 0 Å². The minimum Gasteiger partial charge on any atom is -0.504 e. The molecule has 0 radical (unpaired) electrons. The molecule has 1 fully saturated rings. The summed E-state index contributed by atoms with van der Waals surface area (Å²) in [6.07, 6.45) is -2.49. The lowest BCUT2D eigenvalue weighted by molar-refractivity contribution is 0.0181. The van der Waals surface area contributed by atoms with Gasteiger partial charge in [-0.25, -0.2) is 8.78 Å². The van der Waals surface area contributed by atoms with Crippen LogP contribution in [-0.2, 0) is 0 Å². The molecule has 2 rings (SSSR count). The van der Waals surface area contributed by atoms with E-state index >= 15 is 0 Å². The smallest absolute Gasteiger partial charge is 0.258 e. The number of phenols is 1. The first kappa shape index (κ1) is 20.2. The Bertz CT molecular complexity index is 433. The van der Waals surface area contributed by atoms with Crippen LogP contribution in [0, 0.1) is 0 Å². The van der Waals surface area contributed by atoms with Crippen LogP contribution >= 0.6 is 24.8 Å². The van der Waals surface area contributed by atoms with Gasteiger partial charge >= 0.3 is 0 Å². The number of methoxy groups -OCH3 is 1. The molecule has 0 unspecified atom stereocenters. The maximum atomic E-state index is 13.3. The summed E-state index contributed by atoms with van der Waals surface area (Å²) < 4.78 is 31.5. The fraction of sp³-hybridized carbons (Fsp3) is 0.538. The first-order chi connectivity index (χ1) is 9.13. The predicted molar refractivity (Wildman–Crippen MR) is 82.3 cm³/mol. The average Bonchev–Trinajstić information content (AvgIpc) is 2.40. The fourth-order valence-electron chi connectivity index (χ4n) is 2.37. The highest BCUT2D eigenvalue weighted by atomic mass is 35.5. The highest BCUT2D eigenvalue weighted by Crippen LogP contribution is 2.34. The summed E-state index contributed by atoms with van der Waals surface area (Å²) in [7, 11) is 1.43. The molecular formula is C13H20Cl2F2N2O2. The number of rotatable bonds is 4. The van der Waals surface area contributed by atoms with Gasteiger partial charge in [-0.1, -0.05) is 6.07 Å². The average molecular weight is 345 g/mol. The van der Waals surface area contributed by atoms with Gasteiger partial charge in [0, 0.05) is 26.2 Å². The van der Waals surface area contributed by atoms with Crippen molar-refractivity contribution in [3.63, 3.8) is 0 Å². The highest BCUT2D eigenvalue weighted by molar-refractivity contribution is 5.85. The zero-order valence-electron chi connectivity index (χ0n) is 11.6. The number of piperazine rings is 1. The maximum Gasteiger partial charge on any atom is 0.258 e. The second kappa shape index (κ2) is 9.25. The van der Waals surface area contributed by atoms with Gasteiger partial charge in [-0.15, -0.1) is 24.8 Å². The lowest BCUT2D eigenvalue weighted by atomic mass is 10.0. The fourth-order valence-corrected chi connectivity index (χ4v) is 2.37. The van der Waals surface area contributed by atoms with E-state index in [1.54, 1.807) is 11.0 Å². The summed E-state index contributed by atoms with van der Waals surface area (Å²) in [4.78, 5) is 1.74. The first-order valence-corrected chi connectivity index (χ1v) is 6.23. The molecule has 1 atom stereocenters. The van der Waals surface area contributed by atoms with E-state index < -0.39 is 12.5 Å². The van der Waals surface area contributed by atoms with Crippen LogP contribution in [0.25, 0.3) is 0 Å². The molecule has 0 aromatic heterocycles. The molecule has 21 heavy (non-hydrogen) atoms. The quantitative estimate of drug-likeness (QED) is 0.880. The Balaban J connectivity index is 0.00000200. The van der Waals surface area contributed by atoms with Crippen molar-refractivity contribution in [2.45, 2.75) is 12.5 Å². The topological polar surface area (TPSA) is 44.7 Å². The summed E-state index contributed by atoms with van der Waals surface area (Å²) in [5, 5.41) is 12.9. The van der Waals surface area contributed by atoms with E-state index in [0.29, 0.717) is 31.7 Å². The number of nitrogens with zero attached hydrogens (tertiary/aromatic N) is 1. The van der Waals surface area contributed by atoms with Crippen molar-refractivity contribution in [1.29, 1.82) is 0 Å². The van der Waals surface area contributed by atoms with E-state index in [4.69, 9.17) is 4.74 Å². The molecule has 1 aromatic rings. The van der Waals surface area contributed by atoms with Gasteiger partial charge in [-0.3, -0.25) is 4.90 Å². The van der Waals surface area contributed by atoms with Gasteiger partial charge in [0.1, 0.15) is 0 Å². The third-order valence-corrected chi connectivity index (χ3v) is 3.33. The van der Waals surface area contributed by atoms with Crippen molar-refractivity contribution in [3.8, 4) is 11.5 Å². The van der Waals surface area contributed by atoms with Crippen LogP contribution in [0.4, 0.5) is 8.78 Å².